The molecule has 2 N–H and O–H groups in total. The molecule has 2 aromatic carbocycles. The topological polar surface area (TPSA) is 85.1 Å². The van der Waals surface area contributed by atoms with Gasteiger partial charge in [0.2, 0.25) is 0 Å². The van der Waals surface area contributed by atoms with Gasteiger partial charge in [0.1, 0.15) is 24.6 Å². The van der Waals surface area contributed by atoms with Crippen LogP contribution in [-0.2, 0) is 19.6 Å². The van der Waals surface area contributed by atoms with Gasteiger partial charge in [-0.15, -0.1) is 0 Å². The summed E-state index contributed by atoms with van der Waals surface area (Å²) in [7, 11) is 0. The lowest BCUT2D eigenvalue weighted by molar-refractivity contribution is 0.475. The Bertz CT molecular complexity index is 1050. The molecule has 140 valence electrons. The summed E-state index contributed by atoms with van der Waals surface area (Å²) in [5.41, 5.74) is 4.44. The molecule has 1 aliphatic heterocycles. The second-order valence-electron chi connectivity index (χ2n) is 6.58. The smallest absolute Gasteiger partial charge is 0.137 e. The number of nitrogens with one attached hydrogen (secondary N) is 1. The van der Waals surface area contributed by atoms with E-state index < -0.39 is 6.67 Å². The molecule has 0 radical (unpaired) electrons. The highest BCUT2D eigenvalue weighted by atomic mass is 19.1. The SMILES string of the molecule is N#Cc1ccc(N2CCc3c(ncnc3Nc3ccc(O)cc3)C2)cc1CF. The molecule has 0 atom stereocenters. The second kappa shape index (κ2) is 7.53. The highest BCUT2D eigenvalue weighted by Gasteiger charge is 2.22. The molecule has 0 saturated carbocycles. The number of aromatic nitrogens is 2. The maximum Gasteiger partial charge on any atom is 0.137 e. The fourth-order valence-corrected chi connectivity index (χ4v) is 3.36. The summed E-state index contributed by atoms with van der Waals surface area (Å²) in [6, 6.07) is 14.1. The number of fused-ring (bicyclic) bond motifs is 1. The van der Waals surface area contributed by atoms with Gasteiger partial charge in [0.05, 0.1) is 23.9 Å². The maximum atomic E-state index is 13.2. The van der Waals surface area contributed by atoms with Crippen LogP contribution in [0.25, 0.3) is 0 Å². The Hall–Kier alpha value is -3.66. The molecule has 4 rings (SSSR count). The van der Waals surface area contributed by atoms with Gasteiger partial charge in [-0.25, -0.2) is 14.4 Å². The number of anilines is 3. The third-order valence-corrected chi connectivity index (χ3v) is 4.86. The summed E-state index contributed by atoms with van der Waals surface area (Å²) in [4.78, 5) is 10.9. The molecule has 0 saturated heterocycles. The zero-order chi connectivity index (χ0) is 19.5. The van der Waals surface area contributed by atoms with Crippen molar-refractivity contribution in [2.24, 2.45) is 0 Å². The van der Waals surface area contributed by atoms with Gasteiger partial charge in [0.15, 0.2) is 0 Å². The van der Waals surface area contributed by atoms with Crippen LogP contribution in [-0.4, -0.2) is 21.6 Å². The molecular weight excluding hydrogens is 357 g/mol. The first-order valence-corrected chi connectivity index (χ1v) is 8.90. The first-order chi connectivity index (χ1) is 13.7. The van der Waals surface area contributed by atoms with Gasteiger partial charge in [-0.05, 0) is 48.9 Å². The molecular formula is C21H18FN5O. The molecule has 1 aromatic heterocycles. The fourth-order valence-electron chi connectivity index (χ4n) is 3.36. The second-order valence-corrected chi connectivity index (χ2v) is 6.58. The lowest BCUT2D eigenvalue weighted by atomic mass is 10.0. The number of aromatic hydroxyl groups is 1. The maximum absolute atomic E-state index is 13.2. The van der Waals surface area contributed by atoms with Gasteiger partial charge in [0, 0.05) is 29.0 Å². The van der Waals surface area contributed by atoms with E-state index in [0.717, 1.165) is 41.4 Å². The Balaban J connectivity index is 1.58. The molecule has 0 aliphatic carbocycles. The Morgan fingerprint density at radius 2 is 2.00 bits per heavy atom. The number of benzene rings is 2. The van der Waals surface area contributed by atoms with Crippen molar-refractivity contribution >= 4 is 17.2 Å². The average molecular weight is 375 g/mol. The first-order valence-electron chi connectivity index (χ1n) is 8.90. The minimum absolute atomic E-state index is 0.209. The third-order valence-electron chi connectivity index (χ3n) is 4.86. The number of phenolic OH excluding ortho intramolecular Hbond substituents is 1. The summed E-state index contributed by atoms with van der Waals surface area (Å²) in [5, 5.41) is 21.8. The van der Waals surface area contributed by atoms with Crippen molar-refractivity contribution in [1.82, 2.24) is 9.97 Å². The largest absolute Gasteiger partial charge is 0.508 e. The molecule has 1 aliphatic rings. The van der Waals surface area contributed by atoms with Crippen molar-refractivity contribution in [2.45, 2.75) is 19.6 Å². The number of nitriles is 1. The summed E-state index contributed by atoms with van der Waals surface area (Å²) < 4.78 is 13.2. The van der Waals surface area contributed by atoms with Crippen molar-refractivity contribution in [2.75, 3.05) is 16.8 Å². The van der Waals surface area contributed by atoms with Crippen LogP contribution in [0.2, 0.25) is 0 Å². The van der Waals surface area contributed by atoms with Crippen LogP contribution in [0.4, 0.5) is 21.6 Å². The Labute approximate surface area is 161 Å². The molecule has 2 heterocycles. The predicted octanol–water partition coefficient (Wildman–Crippen LogP) is 3.83. The van der Waals surface area contributed by atoms with E-state index >= 15 is 0 Å². The summed E-state index contributed by atoms with van der Waals surface area (Å²) in [6.45, 7) is 0.659. The monoisotopic (exact) mass is 375 g/mol. The van der Waals surface area contributed by atoms with E-state index in [1.807, 2.05) is 12.1 Å². The lowest BCUT2D eigenvalue weighted by Gasteiger charge is -2.31. The molecule has 0 unspecified atom stereocenters. The summed E-state index contributed by atoms with van der Waals surface area (Å²) in [6.07, 6.45) is 2.26. The molecule has 0 bridgehead atoms. The van der Waals surface area contributed by atoms with Gasteiger partial charge >= 0.3 is 0 Å². The molecule has 0 spiro atoms. The number of nitrogens with zero attached hydrogens (tertiary/aromatic N) is 4. The van der Waals surface area contributed by atoms with Gasteiger partial charge in [-0.2, -0.15) is 5.26 Å². The van der Waals surface area contributed by atoms with Crippen molar-refractivity contribution in [3.8, 4) is 11.8 Å². The minimum Gasteiger partial charge on any atom is -0.508 e. The van der Waals surface area contributed by atoms with Crippen LogP contribution >= 0.6 is 0 Å². The van der Waals surface area contributed by atoms with E-state index in [-0.39, 0.29) is 5.75 Å². The van der Waals surface area contributed by atoms with E-state index in [0.29, 0.717) is 17.7 Å². The fraction of sp³-hybridized carbons (Fsp3) is 0.190. The molecule has 3 aromatic rings. The first kappa shape index (κ1) is 17.7. The highest BCUT2D eigenvalue weighted by molar-refractivity contribution is 5.62. The standard InChI is InChI=1S/C21H18FN5O/c22-10-15-9-17(4-1-14(15)11-23)27-8-7-19-20(12-27)24-13-25-21(19)26-16-2-5-18(28)6-3-16/h1-6,9,13,28H,7-8,10,12H2,(H,24,25,26). The van der Waals surface area contributed by atoms with E-state index in [1.54, 1.807) is 36.4 Å². The van der Waals surface area contributed by atoms with Crippen LogP contribution < -0.4 is 10.2 Å². The van der Waals surface area contributed by atoms with Crippen LogP contribution in [0.15, 0.2) is 48.8 Å². The van der Waals surface area contributed by atoms with E-state index in [1.165, 1.54) is 6.33 Å². The molecule has 7 heteroatoms. The van der Waals surface area contributed by atoms with Gasteiger partial charge in [-0.1, -0.05) is 0 Å². The number of hydrogen-bond acceptors (Lipinski definition) is 6. The highest BCUT2D eigenvalue weighted by Crippen LogP contribution is 2.29. The van der Waals surface area contributed by atoms with Crippen molar-refractivity contribution < 1.29 is 9.50 Å². The van der Waals surface area contributed by atoms with Gasteiger partial charge in [0.25, 0.3) is 0 Å². The van der Waals surface area contributed by atoms with E-state index in [2.05, 4.69) is 20.2 Å². The zero-order valence-corrected chi connectivity index (χ0v) is 15.1. The third kappa shape index (κ3) is 3.45. The van der Waals surface area contributed by atoms with Crippen LogP contribution in [0.1, 0.15) is 22.4 Å². The van der Waals surface area contributed by atoms with E-state index in [9.17, 15) is 9.50 Å². The molecule has 6 nitrogen and oxygen atoms in total. The Morgan fingerprint density at radius 3 is 2.75 bits per heavy atom. The van der Waals surface area contributed by atoms with Gasteiger partial charge in [-0.3, -0.25) is 0 Å². The quantitative estimate of drug-likeness (QED) is 0.674. The molecule has 28 heavy (non-hydrogen) atoms. The number of hydrogen-bond donors (Lipinski definition) is 2. The summed E-state index contributed by atoms with van der Waals surface area (Å²) in [5.74, 6) is 0.959. The van der Waals surface area contributed by atoms with Gasteiger partial charge < -0.3 is 15.3 Å². The minimum atomic E-state index is -0.663. The Kier molecular flexibility index (Phi) is 4.77. The van der Waals surface area contributed by atoms with E-state index in [4.69, 9.17) is 5.26 Å². The van der Waals surface area contributed by atoms with Crippen LogP contribution in [0.3, 0.4) is 0 Å². The normalized spacial score (nSPS) is 12.9. The number of phenols is 1. The number of alkyl halides is 1. The average Bonchev–Trinajstić information content (AvgIpc) is 2.74. The molecule has 0 fully saturated rings. The molecule has 0 amide bonds. The van der Waals surface area contributed by atoms with Crippen LogP contribution in [0, 0.1) is 11.3 Å². The van der Waals surface area contributed by atoms with Crippen LogP contribution in [0.5, 0.6) is 5.75 Å². The zero-order valence-electron chi connectivity index (χ0n) is 15.1. The number of rotatable bonds is 4. The summed E-state index contributed by atoms with van der Waals surface area (Å²) >= 11 is 0. The number of halogens is 1. The van der Waals surface area contributed by atoms with Crippen molar-refractivity contribution in [1.29, 1.82) is 5.26 Å². The lowest BCUT2D eigenvalue weighted by Crippen LogP contribution is -2.31. The Morgan fingerprint density at radius 1 is 1.18 bits per heavy atom. The van der Waals surface area contributed by atoms with Crippen molar-refractivity contribution in [3.63, 3.8) is 0 Å². The predicted molar refractivity (Wildman–Crippen MR) is 104 cm³/mol. The van der Waals surface area contributed by atoms with Crippen molar-refractivity contribution in [3.05, 3.63) is 71.2 Å².